The number of carbonyl (C=O) groups excluding carboxylic acids is 16. The van der Waals surface area contributed by atoms with Gasteiger partial charge in [-0.15, -0.1) is 0 Å². The lowest BCUT2D eigenvalue weighted by atomic mass is 9.93. The molecule has 150 heavy (non-hydrogen) atoms. The number of aromatic nitrogens is 4. The van der Waals surface area contributed by atoms with Gasteiger partial charge in [-0.3, -0.25) is 67.2 Å². The molecule has 7 N–H and O–H groups in total. The van der Waals surface area contributed by atoms with Crippen molar-refractivity contribution in [2.24, 2.45) is 11.8 Å². The van der Waals surface area contributed by atoms with E-state index in [4.69, 9.17) is 53.1 Å². The molecule has 816 valence electrons. The smallest absolute Gasteiger partial charge is 0.410 e. The molecule has 4 aromatic carbocycles. The van der Waals surface area contributed by atoms with Crippen LogP contribution in [0, 0.1) is 35.1 Å². The molecule has 0 unspecified atom stereocenters. The van der Waals surface area contributed by atoms with E-state index >= 15 is 31.9 Å². The minimum absolute atomic E-state index is 0.00361. The molecule has 11 amide bonds. The summed E-state index contributed by atoms with van der Waals surface area (Å²) in [5.41, 5.74) is -5.29. The van der Waals surface area contributed by atoms with Crippen LogP contribution in [-0.4, -0.2) is 311 Å². The molecule has 37 nitrogen and oxygen atoms in total. The molecule has 4 aliphatic heterocycles. The number of likely N-dealkylation sites (N-methyl/N-ethyl adjacent to an activating group) is 4. The number of H-pyrrole nitrogens is 4. The Morgan fingerprint density at radius 2 is 0.687 bits per heavy atom. The zero-order chi connectivity index (χ0) is 133. The number of benzene rings is 4. The van der Waals surface area contributed by atoms with Gasteiger partial charge in [0.25, 0.3) is 0 Å². The number of urea groups is 1. The van der Waals surface area contributed by atoms with E-state index in [-0.39, 0.29) is 135 Å². The summed E-state index contributed by atoms with van der Waals surface area (Å²) in [5.74, 6) is -18.6. The summed E-state index contributed by atoms with van der Waals surface area (Å²) in [4.78, 5) is 235. The summed E-state index contributed by atoms with van der Waals surface area (Å²) in [7, 11) is 0. The number of nitrogens with zero attached hydrogens (tertiary/aromatic N) is 8. The number of hydrogen-bond acceptors (Lipinski definition) is 22. The van der Waals surface area contributed by atoms with Crippen molar-refractivity contribution >= 4 is 139 Å². The predicted octanol–water partition coefficient (Wildman–Crippen LogP) is 13.7. The molecular weight excluding hydrogens is 1950 g/mol. The number of nitrogens with one attached hydrogen (secondary N) is 7. The van der Waals surface area contributed by atoms with Crippen molar-refractivity contribution in [1.82, 2.24) is 75.1 Å². The van der Waals surface area contributed by atoms with Crippen molar-refractivity contribution in [1.29, 1.82) is 0 Å². The number of ether oxygens (including phenoxy) is 6. The molecule has 4 saturated heterocycles. The second kappa shape index (κ2) is 49.2. The van der Waals surface area contributed by atoms with Crippen molar-refractivity contribution in [3.8, 4) is 22.8 Å². The molecule has 0 spiro atoms. The van der Waals surface area contributed by atoms with E-state index in [0.717, 1.165) is 117 Å². The molecular formula is C109H145F4N15O22. The quantitative estimate of drug-likeness (QED) is 0.0108. The van der Waals surface area contributed by atoms with Gasteiger partial charge in [0.2, 0.25) is 41.4 Å². The van der Waals surface area contributed by atoms with Crippen LogP contribution in [0.1, 0.15) is 260 Å². The topological polar surface area (TPSA) is 454 Å². The highest BCUT2D eigenvalue weighted by molar-refractivity contribution is 6.01. The van der Waals surface area contributed by atoms with Crippen LogP contribution < -0.4 is 16.0 Å². The number of rotatable bonds is 37. The predicted molar refractivity (Wildman–Crippen MR) is 551 cm³/mol. The number of hydrogen-bond donors (Lipinski definition) is 7. The molecule has 0 radical (unpaired) electrons. The second-order valence-corrected chi connectivity index (χ2v) is 39.4. The number of aromatic amines is 4. The van der Waals surface area contributed by atoms with Gasteiger partial charge in [-0.25, -0.2) is 31.9 Å². The number of amides is 11. The molecule has 41 heteroatoms. The second-order valence-electron chi connectivity index (χ2n) is 39.4. The van der Waals surface area contributed by atoms with Gasteiger partial charge in [-0.1, -0.05) is 34.5 Å². The van der Waals surface area contributed by atoms with E-state index in [1.54, 1.807) is 6.92 Å². The molecule has 8 aromatic rings. The Bertz CT molecular complexity index is 6700. The van der Waals surface area contributed by atoms with Crippen LogP contribution in [-0.2, 0) is 116 Å². The SMILES string of the molecule is [2H]C([2H])([2H])CC(=O)N([C@@H](C)C(=O)N[C@@H](CC)C(=O)N1C[C@@H](OC(C)=O)C[C@H]1C([2H])([2H])c1c(-c2[nH]c3cc(F)ccc3c2C([2H])([2H])[C@@H]2C[C@H](OC(C)=O)CN2C(=O)[C@H](CC)CC(=O)[C@H](C)N(C(=O)NC([2H])([2H])[2H])C([2H])([2H])[2H])[nH]c2cc(F)ccc12)C([2H])([2H])[2H].[2H]C([2H])(c1c(-c2[nH]c3cc(F)ccc3c2C([2H])([2H])[C@@H]2C[C@H](OC(C)=O)CN2C(=O)[C@H](CC)NC(=O)[C@H](C)N(C(=O)OC(C)(C)C)C([2H])([2H])[2H])[nH]c2cc(F)ccc12)[C@@H]1C[C@H](OC(C)=O)CN1C(=O)[C@H](CC)CC(=O)[C@H](C)N(C(=O)OC(C)(C)C)C([2H])([2H])[2H]. The molecule has 8 heterocycles. The number of halogens is 4. The fraction of sp³-hybridized carbons (Fsp3) is 0.560. The van der Waals surface area contributed by atoms with Crippen molar-refractivity contribution in [2.75, 3.05) is 61.1 Å². The third kappa shape index (κ3) is 27.8. The van der Waals surface area contributed by atoms with Gasteiger partial charge in [0.05, 0.1) is 61.0 Å². The van der Waals surface area contributed by atoms with Crippen LogP contribution in [0.2, 0.25) is 0 Å². The van der Waals surface area contributed by atoms with E-state index in [1.807, 2.05) is 0 Å². The number of esters is 4. The Hall–Kier alpha value is -13.9. The largest absolute Gasteiger partial charge is 0.461 e. The first-order valence-electron chi connectivity index (χ1n) is 62.0. The van der Waals surface area contributed by atoms with Gasteiger partial charge in [0.15, 0.2) is 11.6 Å². The molecule has 4 aromatic heterocycles. The highest BCUT2D eigenvalue weighted by atomic mass is 19.1. The molecule has 0 bridgehead atoms. The highest BCUT2D eigenvalue weighted by Crippen LogP contribution is 2.45. The van der Waals surface area contributed by atoms with Gasteiger partial charge >= 0.3 is 42.1 Å². The Kier molecular flexibility index (Phi) is 27.5. The Morgan fingerprint density at radius 3 is 0.947 bits per heavy atom. The Labute approximate surface area is 906 Å². The first kappa shape index (κ1) is 83.9. The Morgan fingerprint density at radius 1 is 0.407 bits per heavy atom. The van der Waals surface area contributed by atoms with Crippen molar-refractivity contribution in [3.63, 3.8) is 0 Å². The van der Waals surface area contributed by atoms with E-state index in [9.17, 15) is 73.3 Å². The summed E-state index contributed by atoms with van der Waals surface area (Å²) in [5, 5.41) is 6.29. The summed E-state index contributed by atoms with van der Waals surface area (Å²) < 4.78 is 317. The number of Topliss-reactive ketones (excluding diaryl/α,β-unsaturated/α-hetero) is 2. The average Bonchev–Trinajstić information content (AvgIpc) is 1.55. The van der Waals surface area contributed by atoms with Gasteiger partial charge < -0.3 is 98.6 Å². The first-order chi connectivity index (χ1) is 80.7. The van der Waals surface area contributed by atoms with Crippen molar-refractivity contribution in [2.45, 2.75) is 324 Å². The third-order valence-electron chi connectivity index (χ3n) is 26.1. The summed E-state index contributed by atoms with van der Waals surface area (Å²) in [6, 6.07) is -5.81. The van der Waals surface area contributed by atoms with Gasteiger partial charge in [-0.2, -0.15) is 0 Å². The first-order valence-corrected chi connectivity index (χ1v) is 49.0. The maximum Gasteiger partial charge on any atom is 0.410 e. The average molecular weight is 2120 g/mol. The van der Waals surface area contributed by atoms with Crippen LogP contribution in [0.15, 0.2) is 72.8 Å². The fourth-order valence-corrected chi connectivity index (χ4v) is 18.5. The van der Waals surface area contributed by atoms with E-state index in [2.05, 4.69) is 30.6 Å². The molecule has 4 aliphatic rings. The normalized spacial score (nSPS) is 22.8. The van der Waals surface area contributed by atoms with Gasteiger partial charge in [0, 0.05) is 223 Å². The monoisotopic (exact) mass is 2120 g/mol. The standard InChI is InChI=1S/C57H77F2N7O12.C52H68F2N8O10/c1-15-34(21-48(69)30(3)63(13)54(73)77-56(7,8)9)52(71)65-28-39(75-32(5)67)24-37(65)26-43-41-19-17-35(58)22-46(41)60-49(43)50-44(42-20-18-36(59)23-47(42)61-50)27-38-25-40(76-33(6)68)29-66(38)53(72)45(16-2)62-51(70)31(4)64(14)55(74)78-57(10,11)12;1-11-31(18-45(65)27(4)60(10)52(70)55-8)50(68)61-25-36(71-29(6)63)21-34(61)23-40-38-16-14-32(53)19-43(38)56-47(40)48-41(39-17-15-33(54)20-44(39)57-48)24-35-22-37(72-30(7)64)26-62(35)51(69)42(12-2)58-49(67)28(5)59(9)46(66)13-3/h17-20,22-23,30-31,34,37-40,45,60-61H,15-16,21,24-29H2,1-14H3,(H,62,70);14-17,19-20,27-28,31,34-37,42,56-57H,11-13,18,21-26H2,1-10H3,(H,55,70)(H,58,67)/t30-,31-,34+,37-,38-,39-,40-,45-;27-,28-,31+,34-,35-,36-,37-,42-/m00/s1/i13D3,14D3,26D2,27D2;3D3,8D3,9D3,10D3,23D2,24D2. The Balaban J connectivity index is 0.000000328. The highest BCUT2D eigenvalue weighted by Gasteiger charge is 2.48. The molecule has 12 rings (SSSR count). The van der Waals surface area contributed by atoms with Crippen LogP contribution in [0.25, 0.3) is 66.4 Å². The van der Waals surface area contributed by atoms with Gasteiger partial charge in [0.1, 0.15) is 83.1 Å². The summed E-state index contributed by atoms with van der Waals surface area (Å²) >= 11 is 0. The van der Waals surface area contributed by atoms with Crippen LogP contribution in [0.3, 0.4) is 0 Å². The lowest BCUT2D eigenvalue weighted by molar-refractivity contribution is -0.147. The summed E-state index contributed by atoms with van der Waals surface area (Å²) in [6.45, 7) is 2.36. The lowest BCUT2D eigenvalue weighted by Gasteiger charge is -2.31. The van der Waals surface area contributed by atoms with Crippen LogP contribution in [0.4, 0.5) is 31.9 Å². The molecule has 0 aliphatic carbocycles. The van der Waals surface area contributed by atoms with Crippen LogP contribution >= 0.6 is 0 Å². The minimum Gasteiger partial charge on any atom is -0.461 e. The van der Waals surface area contributed by atoms with E-state index in [1.165, 1.54) is 98.8 Å². The number of carbonyl (C=O) groups is 16. The third-order valence-corrected chi connectivity index (χ3v) is 26.1. The number of fused-ring (bicyclic) bond motifs is 4. The lowest BCUT2D eigenvalue weighted by Crippen LogP contribution is -2.55. The number of likely N-dealkylation sites (tertiary alicyclic amines) is 4. The van der Waals surface area contributed by atoms with Crippen molar-refractivity contribution in [3.05, 3.63) is 118 Å². The zero-order valence-electron chi connectivity index (χ0n) is 112. The number of ketones is 2. The summed E-state index contributed by atoms with van der Waals surface area (Å²) in [6.07, 6.45) is -24.2. The maximum absolute atomic E-state index is 15.4. The maximum atomic E-state index is 15.4. The molecule has 0 saturated carbocycles. The van der Waals surface area contributed by atoms with Gasteiger partial charge in [-0.05, 0) is 215 Å². The minimum atomic E-state index is -3.37. The van der Waals surface area contributed by atoms with E-state index in [0.29, 0.717) is 4.90 Å². The zero-order valence-corrected chi connectivity index (χ0v) is 86.3. The van der Waals surface area contributed by atoms with Crippen molar-refractivity contribution < 1.29 is 158 Å². The fourth-order valence-electron chi connectivity index (χ4n) is 18.5. The molecule has 16 atom stereocenters. The van der Waals surface area contributed by atoms with Crippen LogP contribution in [0.5, 0.6) is 0 Å². The van der Waals surface area contributed by atoms with E-state index < -0.39 is 358 Å². The molecule has 4 fully saturated rings.